The first-order valence-electron chi connectivity index (χ1n) is 7.51. The van der Waals surface area contributed by atoms with Crippen LogP contribution in [0.2, 0.25) is 0 Å². The van der Waals surface area contributed by atoms with Crippen molar-refractivity contribution >= 4 is 15.8 Å². The van der Waals surface area contributed by atoms with Crippen LogP contribution in [0.25, 0.3) is 0 Å². The lowest BCUT2D eigenvalue weighted by atomic mass is 9.86. The van der Waals surface area contributed by atoms with E-state index >= 15 is 0 Å². The smallest absolute Gasteiger partial charge is 0.211 e. The molecule has 0 bridgehead atoms. The van der Waals surface area contributed by atoms with E-state index in [1.807, 2.05) is 6.92 Å². The maximum absolute atomic E-state index is 12.4. The second-order valence-electron chi connectivity index (χ2n) is 6.01. The number of hydrogen-bond donors (Lipinski definition) is 0. The summed E-state index contributed by atoms with van der Waals surface area (Å²) in [4.78, 5) is 12.4. The van der Waals surface area contributed by atoms with E-state index in [1.54, 1.807) is 0 Å². The van der Waals surface area contributed by atoms with Gasteiger partial charge in [-0.15, -0.1) is 0 Å². The fourth-order valence-electron chi connectivity index (χ4n) is 3.35. The number of piperidine rings is 1. The standard InChI is InChI=1S/C14H25NO4S/c1-3-14-12(6-8-19-14)13(16)9-11-5-4-7-15(10-11)20(2,17)18/h11-12,14H,3-10H2,1-2H3. The lowest BCUT2D eigenvalue weighted by molar-refractivity contribution is -0.125. The zero-order valence-corrected chi connectivity index (χ0v) is 13.2. The van der Waals surface area contributed by atoms with Crippen molar-refractivity contribution in [1.82, 2.24) is 4.31 Å². The molecule has 0 saturated carbocycles. The predicted molar refractivity (Wildman–Crippen MR) is 76.9 cm³/mol. The second kappa shape index (κ2) is 6.54. The molecule has 0 aromatic heterocycles. The molecule has 5 nitrogen and oxygen atoms in total. The molecule has 3 atom stereocenters. The van der Waals surface area contributed by atoms with Gasteiger partial charge in [-0.1, -0.05) is 6.92 Å². The highest BCUT2D eigenvalue weighted by molar-refractivity contribution is 7.88. The first kappa shape index (κ1) is 15.9. The van der Waals surface area contributed by atoms with Crippen LogP contribution in [0.4, 0.5) is 0 Å². The average molecular weight is 303 g/mol. The van der Waals surface area contributed by atoms with Gasteiger partial charge in [-0.05, 0) is 31.6 Å². The maximum Gasteiger partial charge on any atom is 0.211 e. The molecule has 0 amide bonds. The Labute approximate surface area is 121 Å². The maximum atomic E-state index is 12.4. The van der Waals surface area contributed by atoms with Crippen molar-refractivity contribution in [2.24, 2.45) is 11.8 Å². The highest BCUT2D eigenvalue weighted by Gasteiger charge is 2.35. The molecule has 116 valence electrons. The van der Waals surface area contributed by atoms with Gasteiger partial charge in [0.2, 0.25) is 10.0 Å². The molecule has 0 aliphatic carbocycles. The molecule has 0 radical (unpaired) electrons. The van der Waals surface area contributed by atoms with E-state index in [4.69, 9.17) is 4.74 Å². The van der Waals surface area contributed by atoms with Crippen molar-refractivity contribution in [3.63, 3.8) is 0 Å². The molecular formula is C14H25NO4S. The fourth-order valence-corrected chi connectivity index (χ4v) is 4.29. The number of ketones is 1. The van der Waals surface area contributed by atoms with E-state index in [1.165, 1.54) is 10.6 Å². The molecule has 0 spiro atoms. The van der Waals surface area contributed by atoms with E-state index < -0.39 is 10.0 Å². The molecule has 2 saturated heterocycles. The Kier molecular flexibility index (Phi) is 5.20. The molecule has 2 fully saturated rings. The van der Waals surface area contributed by atoms with Crippen LogP contribution in [0.5, 0.6) is 0 Å². The van der Waals surface area contributed by atoms with Gasteiger partial charge in [0.05, 0.1) is 12.4 Å². The number of ether oxygens (including phenoxy) is 1. The fraction of sp³-hybridized carbons (Fsp3) is 0.929. The molecular weight excluding hydrogens is 278 g/mol. The lowest BCUT2D eigenvalue weighted by Gasteiger charge is -2.31. The average Bonchev–Trinajstić information content (AvgIpc) is 2.86. The molecule has 2 aliphatic heterocycles. The quantitative estimate of drug-likeness (QED) is 0.771. The van der Waals surface area contributed by atoms with Gasteiger partial charge in [-0.3, -0.25) is 4.79 Å². The first-order valence-corrected chi connectivity index (χ1v) is 9.36. The Morgan fingerprint density at radius 3 is 2.75 bits per heavy atom. The summed E-state index contributed by atoms with van der Waals surface area (Å²) in [5.41, 5.74) is 0. The van der Waals surface area contributed by atoms with Crippen molar-refractivity contribution in [2.75, 3.05) is 26.0 Å². The monoisotopic (exact) mass is 303 g/mol. The van der Waals surface area contributed by atoms with Gasteiger partial charge in [0.1, 0.15) is 5.78 Å². The summed E-state index contributed by atoms with van der Waals surface area (Å²) in [5.74, 6) is 0.451. The third kappa shape index (κ3) is 3.80. The Bertz CT molecular complexity index is 448. The van der Waals surface area contributed by atoms with Crippen LogP contribution in [-0.2, 0) is 19.6 Å². The van der Waals surface area contributed by atoms with Gasteiger partial charge >= 0.3 is 0 Å². The molecule has 2 rings (SSSR count). The minimum Gasteiger partial charge on any atom is -0.377 e. The second-order valence-corrected chi connectivity index (χ2v) is 7.99. The van der Waals surface area contributed by atoms with Gasteiger partial charge in [0.15, 0.2) is 0 Å². The third-order valence-electron chi connectivity index (χ3n) is 4.47. The van der Waals surface area contributed by atoms with Crippen molar-refractivity contribution in [2.45, 2.75) is 45.1 Å². The molecule has 3 unspecified atom stereocenters. The van der Waals surface area contributed by atoms with E-state index in [0.717, 1.165) is 25.7 Å². The summed E-state index contributed by atoms with van der Waals surface area (Å²) in [6, 6.07) is 0. The highest BCUT2D eigenvalue weighted by atomic mass is 32.2. The topological polar surface area (TPSA) is 63.7 Å². The number of carbonyl (C=O) groups is 1. The van der Waals surface area contributed by atoms with Crippen molar-refractivity contribution in [3.05, 3.63) is 0 Å². The Morgan fingerprint density at radius 1 is 1.35 bits per heavy atom. The van der Waals surface area contributed by atoms with E-state index in [2.05, 4.69) is 0 Å². The number of sulfonamides is 1. The van der Waals surface area contributed by atoms with Crippen molar-refractivity contribution in [1.29, 1.82) is 0 Å². The van der Waals surface area contributed by atoms with E-state index in [9.17, 15) is 13.2 Å². The summed E-state index contributed by atoms with van der Waals surface area (Å²) in [6.07, 6.45) is 5.30. The van der Waals surface area contributed by atoms with Crippen LogP contribution < -0.4 is 0 Å². The number of nitrogens with zero attached hydrogens (tertiary/aromatic N) is 1. The Hall–Kier alpha value is -0.460. The van der Waals surface area contributed by atoms with Gasteiger partial charge in [0.25, 0.3) is 0 Å². The SMILES string of the molecule is CCC1OCCC1C(=O)CC1CCCN(S(C)(=O)=O)C1. The summed E-state index contributed by atoms with van der Waals surface area (Å²) >= 11 is 0. The molecule has 0 aromatic carbocycles. The number of Topliss-reactive ketones (excluding diaryl/α,β-unsaturated/α-hetero) is 1. The third-order valence-corrected chi connectivity index (χ3v) is 5.74. The van der Waals surface area contributed by atoms with Crippen molar-refractivity contribution in [3.8, 4) is 0 Å². The van der Waals surface area contributed by atoms with Crippen LogP contribution in [0.1, 0.15) is 39.0 Å². The Balaban J connectivity index is 1.91. The summed E-state index contributed by atoms with van der Waals surface area (Å²) < 4.78 is 30.3. The molecule has 0 N–H and O–H groups in total. The molecule has 0 aromatic rings. The predicted octanol–water partition coefficient (Wildman–Crippen LogP) is 1.43. The van der Waals surface area contributed by atoms with Crippen LogP contribution in [0.3, 0.4) is 0 Å². The molecule has 20 heavy (non-hydrogen) atoms. The van der Waals surface area contributed by atoms with E-state index in [-0.39, 0.29) is 23.7 Å². The van der Waals surface area contributed by atoms with Gasteiger partial charge < -0.3 is 4.74 Å². The minimum absolute atomic E-state index is 0.0219. The van der Waals surface area contributed by atoms with Crippen LogP contribution in [-0.4, -0.2) is 50.6 Å². The number of carbonyl (C=O) groups excluding carboxylic acids is 1. The summed E-state index contributed by atoms with van der Waals surface area (Å²) in [6.45, 7) is 3.81. The van der Waals surface area contributed by atoms with Crippen LogP contribution in [0.15, 0.2) is 0 Å². The lowest BCUT2D eigenvalue weighted by Crippen LogP contribution is -2.40. The molecule has 2 aliphatic rings. The largest absolute Gasteiger partial charge is 0.377 e. The van der Waals surface area contributed by atoms with Crippen LogP contribution >= 0.6 is 0 Å². The van der Waals surface area contributed by atoms with Gasteiger partial charge in [-0.25, -0.2) is 12.7 Å². The van der Waals surface area contributed by atoms with E-state index in [0.29, 0.717) is 26.1 Å². The first-order chi connectivity index (χ1) is 9.41. The van der Waals surface area contributed by atoms with Gasteiger partial charge in [-0.2, -0.15) is 0 Å². The molecule has 2 heterocycles. The zero-order valence-electron chi connectivity index (χ0n) is 12.4. The van der Waals surface area contributed by atoms with Crippen molar-refractivity contribution < 1.29 is 17.9 Å². The number of hydrogen-bond acceptors (Lipinski definition) is 4. The normalized spacial score (nSPS) is 32.4. The highest BCUT2D eigenvalue weighted by Crippen LogP contribution is 2.29. The summed E-state index contributed by atoms with van der Waals surface area (Å²) in [5, 5.41) is 0. The summed E-state index contributed by atoms with van der Waals surface area (Å²) in [7, 11) is -3.13. The molecule has 6 heteroatoms. The van der Waals surface area contributed by atoms with Gasteiger partial charge in [0, 0.05) is 32.0 Å². The number of rotatable bonds is 5. The van der Waals surface area contributed by atoms with Crippen LogP contribution in [0, 0.1) is 11.8 Å². The zero-order chi connectivity index (χ0) is 14.8. The Morgan fingerprint density at radius 2 is 2.10 bits per heavy atom. The minimum atomic E-state index is -3.13.